The van der Waals surface area contributed by atoms with Crippen molar-refractivity contribution in [2.24, 2.45) is 5.10 Å². The molecule has 158 valence electrons. The Hall–Kier alpha value is -3.69. The molecule has 31 heavy (non-hydrogen) atoms. The molecule has 0 bridgehead atoms. The smallest absolute Gasteiger partial charge is 0.353 e. The van der Waals surface area contributed by atoms with Gasteiger partial charge in [-0.1, -0.05) is 29.8 Å². The van der Waals surface area contributed by atoms with Crippen molar-refractivity contribution in [1.29, 1.82) is 0 Å². The van der Waals surface area contributed by atoms with Gasteiger partial charge in [0.2, 0.25) is 0 Å². The number of methoxy groups -OCH3 is 1. The molecule has 8 nitrogen and oxygen atoms in total. The van der Waals surface area contributed by atoms with Gasteiger partial charge < -0.3 is 14.8 Å². The van der Waals surface area contributed by atoms with Crippen LogP contribution in [-0.4, -0.2) is 31.1 Å². The van der Waals surface area contributed by atoms with Gasteiger partial charge in [-0.15, -0.1) is 11.3 Å². The minimum Gasteiger partial charge on any atom is -0.495 e. The van der Waals surface area contributed by atoms with Crippen LogP contribution in [0.3, 0.4) is 0 Å². The first kappa shape index (κ1) is 22.0. The molecule has 10 heteroatoms. The van der Waals surface area contributed by atoms with Crippen LogP contribution in [0.1, 0.15) is 15.2 Å². The van der Waals surface area contributed by atoms with Crippen LogP contribution in [0.4, 0.5) is 5.69 Å². The van der Waals surface area contributed by atoms with Crippen molar-refractivity contribution in [3.8, 4) is 11.5 Å². The standard InChI is InChI=1S/C21H16ClN3O5S/c1-29-17-9-8-14(22)11-15(17)24-19(26)20(27)25-23-12-13-5-2-3-6-16(13)30-21(28)18-7-4-10-31-18/h2-12H,1H3,(H,24,26)(H,25,27). The van der Waals surface area contributed by atoms with Crippen molar-refractivity contribution < 1.29 is 23.9 Å². The van der Waals surface area contributed by atoms with E-state index >= 15 is 0 Å². The highest BCUT2D eigenvalue weighted by Crippen LogP contribution is 2.27. The first-order valence-electron chi connectivity index (χ1n) is 8.80. The Bertz CT molecular complexity index is 1130. The molecule has 2 amide bonds. The van der Waals surface area contributed by atoms with Crippen LogP contribution < -0.4 is 20.2 Å². The SMILES string of the molecule is COc1ccc(Cl)cc1NC(=O)C(=O)NN=Cc1ccccc1OC(=O)c1cccs1. The third-order valence-electron chi connectivity index (χ3n) is 3.83. The van der Waals surface area contributed by atoms with Gasteiger partial charge in [0.05, 0.1) is 19.0 Å². The number of nitrogens with one attached hydrogen (secondary N) is 2. The number of ether oxygens (including phenoxy) is 2. The highest BCUT2D eigenvalue weighted by atomic mass is 35.5. The number of hydrogen-bond donors (Lipinski definition) is 2. The molecule has 1 heterocycles. The van der Waals surface area contributed by atoms with E-state index in [2.05, 4.69) is 15.8 Å². The van der Waals surface area contributed by atoms with Gasteiger partial charge in [-0.3, -0.25) is 9.59 Å². The van der Waals surface area contributed by atoms with Crippen molar-refractivity contribution in [2.75, 3.05) is 12.4 Å². The number of esters is 1. The Morgan fingerprint density at radius 1 is 1.03 bits per heavy atom. The lowest BCUT2D eigenvalue weighted by molar-refractivity contribution is -0.136. The van der Waals surface area contributed by atoms with Gasteiger partial charge in [0.1, 0.15) is 16.4 Å². The second-order valence-electron chi connectivity index (χ2n) is 5.90. The van der Waals surface area contributed by atoms with E-state index < -0.39 is 17.8 Å². The molecule has 2 aromatic carbocycles. The number of hydrazone groups is 1. The van der Waals surface area contributed by atoms with Crippen LogP contribution in [0, 0.1) is 0 Å². The highest BCUT2D eigenvalue weighted by molar-refractivity contribution is 7.12. The molecule has 0 saturated carbocycles. The van der Waals surface area contributed by atoms with Gasteiger partial charge in [0, 0.05) is 10.6 Å². The van der Waals surface area contributed by atoms with E-state index in [4.69, 9.17) is 21.1 Å². The number of thiophene rings is 1. The second kappa shape index (κ2) is 10.4. The fourth-order valence-corrected chi connectivity index (χ4v) is 3.16. The third kappa shape index (κ3) is 5.91. The number of carbonyl (C=O) groups excluding carboxylic acids is 3. The van der Waals surface area contributed by atoms with Crippen LogP contribution >= 0.6 is 22.9 Å². The van der Waals surface area contributed by atoms with Crippen LogP contribution in [0.5, 0.6) is 11.5 Å². The summed E-state index contributed by atoms with van der Waals surface area (Å²) in [5, 5.41) is 8.30. The molecule has 0 atom stereocenters. The maximum Gasteiger partial charge on any atom is 0.353 e. The number of hydrogen-bond acceptors (Lipinski definition) is 7. The molecule has 0 spiro atoms. The summed E-state index contributed by atoms with van der Waals surface area (Å²) in [5.41, 5.74) is 2.79. The Balaban J connectivity index is 1.63. The van der Waals surface area contributed by atoms with Crippen LogP contribution in [-0.2, 0) is 9.59 Å². The largest absolute Gasteiger partial charge is 0.495 e. The van der Waals surface area contributed by atoms with E-state index in [0.717, 1.165) is 0 Å². The lowest BCUT2D eigenvalue weighted by atomic mass is 10.2. The van der Waals surface area contributed by atoms with Crippen molar-refractivity contribution in [2.45, 2.75) is 0 Å². The minimum atomic E-state index is -1.01. The third-order valence-corrected chi connectivity index (χ3v) is 4.91. The van der Waals surface area contributed by atoms with Gasteiger partial charge in [0.25, 0.3) is 0 Å². The average molecular weight is 458 g/mol. The predicted octanol–water partition coefficient (Wildman–Crippen LogP) is 3.72. The zero-order valence-electron chi connectivity index (χ0n) is 16.1. The summed E-state index contributed by atoms with van der Waals surface area (Å²) >= 11 is 7.16. The summed E-state index contributed by atoms with van der Waals surface area (Å²) in [7, 11) is 1.42. The Labute approximate surface area is 186 Å². The van der Waals surface area contributed by atoms with Gasteiger partial charge in [0.15, 0.2) is 0 Å². The number of rotatable bonds is 6. The maximum atomic E-state index is 12.1. The van der Waals surface area contributed by atoms with E-state index in [1.807, 2.05) is 0 Å². The van der Waals surface area contributed by atoms with Crippen molar-refractivity contribution >= 4 is 52.6 Å². The maximum absolute atomic E-state index is 12.1. The molecule has 0 fully saturated rings. The Morgan fingerprint density at radius 2 is 1.84 bits per heavy atom. The van der Waals surface area contributed by atoms with E-state index in [9.17, 15) is 14.4 Å². The number of benzene rings is 2. The zero-order valence-corrected chi connectivity index (χ0v) is 17.7. The molecule has 2 N–H and O–H groups in total. The number of anilines is 1. The molecular weight excluding hydrogens is 442 g/mol. The summed E-state index contributed by atoms with van der Waals surface area (Å²) in [6.45, 7) is 0. The Kier molecular flexibility index (Phi) is 7.36. The fraction of sp³-hybridized carbons (Fsp3) is 0.0476. The van der Waals surface area contributed by atoms with Crippen LogP contribution in [0.25, 0.3) is 0 Å². The number of nitrogens with zero attached hydrogens (tertiary/aromatic N) is 1. The molecule has 0 aliphatic heterocycles. The van der Waals surface area contributed by atoms with Crippen LogP contribution in [0.2, 0.25) is 5.02 Å². The number of halogens is 1. The molecule has 0 aliphatic carbocycles. The van der Waals surface area contributed by atoms with E-state index in [1.54, 1.807) is 53.9 Å². The van der Waals surface area contributed by atoms with Crippen molar-refractivity contribution in [1.82, 2.24) is 5.43 Å². The van der Waals surface area contributed by atoms with Crippen molar-refractivity contribution in [3.63, 3.8) is 0 Å². The van der Waals surface area contributed by atoms with Gasteiger partial charge in [-0.05, 0) is 41.8 Å². The Morgan fingerprint density at radius 3 is 2.58 bits per heavy atom. The predicted molar refractivity (Wildman–Crippen MR) is 118 cm³/mol. The number of para-hydroxylation sites is 1. The molecule has 0 unspecified atom stereocenters. The molecule has 3 rings (SSSR count). The minimum absolute atomic E-state index is 0.241. The summed E-state index contributed by atoms with van der Waals surface area (Å²) in [6, 6.07) is 14.6. The fourth-order valence-electron chi connectivity index (χ4n) is 2.39. The lowest BCUT2D eigenvalue weighted by Crippen LogP contribution is -2.32. The monoisotopic (exact) mass is 457 g/mol. The lowest BCUT2D eigenvalue weighted by Gasteiger charge is -2.09. The zero-order chi connectivity index (χ0) is 22.2. The molecule has 0 radical (unpaired) electrons. The first-order chi connectivity index (χ1) is 15.0. The molecular formula is C21H16ClN3O5S. The topological polar surface area (TPSA) is 106 Å². The average Bonchev–Trinajstić information content (AvgIpc) is 3.30. The van der Waals surface area contributed by atoms with E-state index in [-0.39, 0.29) is 11.4 Å². The number of amides is 2. The normalized spacial score (nSPS) is 10.5. The summed E-state index contributed by atoms with van der Waals surface area (Å²) in [5.74, 6) is -1.88. The summed E-state index contributed by atoms with van der Waals surface area (Å²) < 4.78 is 10.5. The van der Waals surface area contributed by atoms with Gasteiger partial charge >= 0.3 is 17.8 Å². The van der Waals surface area contributed by atoms with Gasteiger partial charge in [-0.25, -0.2) is 10.2 Å². The first-order valence-corrected chi connectivity index (χ1v) is 10.1. The van der Waals surface area contributed by atoms with Crippen LogP contribution in [0.15, 0.2) is 65.1 Å². The van der Waals surface area contributed by atoms with Gasteiger partial charge in [-0.2, -0.15) is 5.10 Å². The number of carbonyl (C=O) groups is 3. The second-order valence-corrected chi connectivity index (χ2v) is 7.29. The summed E-state index contributed by atoms with van der Waals surface area (Å²) in [6.07, 6.45) is 1.27. The summed E-state index contributed by atoms with van der Waals surface area (Å²) in [4.78, 5) is 36.8. The molecule has 0 saturated heterocycles. The quantitative estimate of drug-likeness (QED) is 0.193. The van der Waals surface area contributed by atoms with E-state index in [1.165, 1.54) is 30.7 Å². The van der Waals surface area contributed by atoms with Crippen molar-refractivity contribution in [3.05, 3.63) is 75.4 Å². The highest BCUT2D eigenvalue weighted by Gasteiger charge is 2.16. The molecule has 3 aromatic rings. The molecule has 1 aromatic heterocycles. The molecule has 0 aliphatic rings. The van der Waals surface area contributed by atoms with E-state index in [0.29, 0.717) is 21.2 Å².